The molecule has 2 aromatic carbocycles. The van der Waals surface area contributed by atoms with Crippen LogP contribution < -0.4 is 15.8 Å². The third kappa shape index (κ3) is 3.35. The first-order valence-electron chi connectivity index (χ1n) is 7.35. The lowest BCUT2D eigenvalue weighted by Gasteiger charge is -2.06. The molecule has 0 aliphatic rings. The molecule has 3 N–H and O–H groups in total. The van der Waals surface area contributed by atoms with Gasteiger partial charge in [0.25, 0.3) is 5.91 Å². The van der Waals surface area contributed by atoms with Crippen molar-refractivity contribution in [3.63, 3.8) is 0 Å². The highest BCUT2D eigenvalue weighted by Crippen LogP contribution is 2.16. The number of carbonyl (C=O) groups excluding carboxylic acids is 1. The Labute approximate surface area is 139 Å². The van der Waals surface area contributed by atoms with Gasteiger partial charge in [-0.05, 0) is 29.8 Å². The first-order valence-corrected chi connectivity index (χ1v) is 7.35. The van der Waals surface area contributed by atoms with Crippen LogP contribution in [0.3, 0.4) is 0 Å². The lowest BCUT2D eigenvalue weighted by atomic mass is 10.2. The van der Waals surface area contributed by atoms with Gasteiger partial charge in [-0.3, -0.25) is 4.79 Å². The molecule has 0 spiro atoms. The number of amides is 1. The van der Waals surface area contributed by atoms with E-state index >= 15 is 0 Å². The molecule has 7 heteroatoms. The Hall–Kier alpha value is -3.35. The standard InChI is InChI=1S/C17H17N5O2/c1-24-14-9-7-12(8-10-14)11-22-16(18)15(20-21-22)17(23)19-13-5-3-2-4-6-13/h2-10H,11,18H2,1H3,(H,19,23). The van der Waals surface area contributed by atoms with Crippen LogP contribution in [0, 0.1) is 0 Å². The molecule has 3 rings (SSSR count). The van der Waals surface area contributed by atoms with Crippen LogP contribution in [0.15, 0.2) is 54.6 Å². The van der Waals surface area contributed by atoms with Crippen molar-refractivity contribution in [2.75, 3.05) is 18.2 Å². The van der Waals surface area contributed by atoms with E-state index in [9.17, 15) is 4.79 Å². The van der Waals surface area contributed by atoms with Crippen molar-refractivity contribution in [3.05, 3.63) is 65.9 Å². The molecule has 0 unspecified atom stereocenters. The van der Waals surface area contributed by atoms with Gasteiger partial charge in [0, 0.05) is 5.69 Å². The predicted molar refractivity (Wildman–Crippen MR) is 90.9 cm³/mol. The number of nitrogens with two attached hydrogens (primary N) is 1. The quantitative estimate of drug-likeness (QED) is 0.750. The van der Waals surface area contributed by atoms with Crippen molar-refractivity contribution < 1.29 is 9.53 Å². The van der Waals surface area contributed by atoms with Crippen LogP contribution in [-0.4, -0.2) is 28.0 Å². The Morgan fingerprint density at radius 2 is 1.88 bits per heavy atom. The zero-order valence-electron chi connectivity index (χ0n) is 13.1. The summed E-state index contributed by atoms with van der Waals surface area (Å²) in [4.78, 5) is 12.3. The van der Waals surface area contributed by atoms with Gasteiger partial charge in [-0.2, -0.15) is 0 Å². The van der Waals surface area contributed by atoms with Gasteiger partial charge in [0.1, 0.15) is 5.75 Å². The van der Waals surface area contributed by atoms with E-state index in [1.807, 2.05) is 42.5 Å². The SMILES string of the molecule is COc1ccc(Cn2nnc(C(=O)Nc3ccccc3)c2N)cc1. The van der Waals surface area contributed by atoms with E-state index in [4.69, 9.17) is 10.5 Å². The van der Waals surface area contributed by atoms with E-state index in [1.165, 1.54) is 4.68 Å². The number of methoxy groups -OCH3 is 1. The van der Waals surface area contributed by atoms with E-state index in [0.29, 0.717) is 12.2 Å². The van der Waals surface area contributed by atoms with Crippen molar-refractivity contribution in [1.29, 1.82) is 0 Å². The van der Waals surface area contributed by atoms with Crippen molar-refractivity contribution >= 4 is 17.4 Å². The molecule has 0 fully saturated rings. The highest BCUT2D eigenvalue weighted by atomic mass is 16.5. The summed E-state index contributed by atoms with van der Waals surface area (Å²) in [7, 11) is 1.61. The highest BCUT2D eigenvalue weighted by molar-refractivity contribution is 6.05. The van der Waals surface area contributed by atoms with Gasteiger partial charge in [-0.1, -0.05) is 35.5 Å². The lowest BCUT2D eigenvalue weighted by molar-refractivity contribution is 0.102. The Bertz CT molecular complexity index is 828. The molecule has 0 saturated carbocycles. The lowest BCUT2D eigenvalue weighted by Crippen LogP contribution is -2.15. The number of benzene rings is 2. The molecule has 0 atom stereocenters. The van der Waals surface area contributed by atoms with Crippen molar-refractivity contribution in [3.8, 4) is 5.75 Å². The number of ether oxygens (including phenoxy) is 1. The average molecular weight is 323 g/mol. The van der Waals surface area contributed by atoms with Crippen LogP contribution in [0.4, 0.5) is 11.5 Å². The van der Waals surface area contributed by atoms with Gasteiger partial charge >= 0.3 is 0 Å². The second kappa shape index (κ2) is 6.82. The second-order valence-corrected chi connectivity index (χ2v) is 5.15. The van der Waals surface area contributed by atoms with Gasteiger partial charge in [0.15, 0.2) is 11.5 Å². The monoisotopic (exact) mass is 323 g/mol. The summed E-state index contributed by atoms with van der Waals surface area (Å²) < 4.78 is 6.61. The Morgan fingerprint density at radius 3 is 2.54 bits per heavy atom. The van der Waals surface area contributed by atoms with Gasteiger partial charge < -0.3 is 15.8 Å². The summed E-state index contributed by atoms with van der Waals surface area (Å²) in [6.45, 7) is 0.418. The molecule has 0 saturated heterocycles. The Kier molecular flexibility index (Phi) is 4.42. The molecule has 0 aliphatic heterocycles. The van der Waals surface area contributed by atoms with E-state index in [0.717, 1.165) is 11.3 Å². The predicted octanol–water partition coefficient (Wildman–Crippen LogP) is 2.17. The maximum absolute atomic E-state index is 12.3. The number of para-hydroxylation sites is 1. The summed E-state index contributed by atoms with van der Waals surface area (Å²) in [6.07, 6.45) is 0. The summed E-state index contributed by atoms with van der Waals surface area (Å²) in [5, 5.41) is 10.6. The number of nitrogen functional groups attached to an aromatic ring is 1. The third-order valence-corrected chi connectivity index (χ3v) is 3.51. The maximum Gasteiger partial charge on any atom is 0.280 e. The molecule has 24 heavy (non-hydrogen) atoms. The summed E-state index contributed by atoms with van der Waals surface area (Å²) in [6, 6.07) is 16.6. The number of nitrogens with zero attached hydrogens (tertiary/aromatic N) is 3. The zero-order valence-corrected chi connectivity index (χ0v) is 13.1. The number of hydrogen-bond donors (Lipinski definition) is 2. The average Bonchev–Trinajstić information content (AvgIpc) is 2.97. The van der Waals surface area contributed by atoms with Gasteiger partial charge in [0.2, 0.25) is 0 Å². The number of hydrogen-bond acceptors (Lipinski definition) is 5. The van der Waals surface area contributed by atoms with Crippen LogP contribution in [0.25, 0.3) is 0 Å². The molecule has 0 radical (unpaired) electrons. The van der Waals surface area contributed by atoms with Gasteiger partial charge in [-0.15, -0.1) is 5.10 Å². The number of nitrogens with one attached hydrogen (secondary N) is 1. The Morgan fingerprint density at radius 1 is 1.17 bits per heavy atom. The fraction of sp³-hybridized carbons (Fsp3) is 0.118. The molecule has 122 valence electrons. The first kappa shape index (κ1) is 15.5. The molecular formula is C17H17N5O2. The van der Waals surface area contributed by atoms with Gasteiger partial charge in [-0.25, -0.2) is 4.68 Å². The zero-order chi connectivity index (χ0) is 16.9. The second-order valence-electron chi connectivity index (χ2n) is 5.15. The molecule has 0 aliphatic carbocycles. The number of anilines is 2. The molecule has 0 bridgehead atoms. The molecular weight excluding hydrogens is 306 g/mol. The molecule has 7 nitrogen and oxygen atoms in total. The maximum atomic E-state index is 12.3. The number of carbonyl (C=O) groups is 1. The highest BCUT2D eigenvalue weighted by Gasteiger charge is 2.17. The van der Waals surface area contributed by atoms with E-state index < -0.39 is 0 Å². The normalized spacial score (nSPS) is 10.4. The van der Waals surface area contributed by atoms with Crippen LogP contribution >= 0.6 is 0 Å². The molecule has 1 amide bonds. The molecule has 1 heterocycles. The molecule has 3 aromatic rings. The van der Waals surface area contributed by atoms with Crippen molar-refractivity contribution in [1.82, 2.24) is 15.0 Å². The van der Waals surface area contributed by atoms with Crippen LogP contribution in [-0.2, 0) is 6.54 Å². The van der Waals surface area contributed by atoms with Crippen LogP contribution in [0.2, 0.25) is 0 Å². The molecule has 1 aromatic heterocycles. The topological polar surface area (TPSA) is 95.1 Å². The largest absolute Gasteiger partial charge is 0.497 e. The number of rotatable bonds is 5. The summed E-state index contributed by atoms with van der Waals surface area (Å²) in [5.41, 5.74) is 7.77. The van der Waals surface area contributed by atoms with E-state index in [1.54, 1.807) is 19.2 Å². The van der Waals surface area contributed by atoms with Crippen molar-refractivity contribution in [2.24, 2.45) is 0 Å². The van der Waals surface area contributed by atoms with E-state index in [-0.39, 0.29) is 17.4 Å². The minimum atomic E-state index is -0.389. The fourth-order valence-corrected chi connectivity index (χ4v) is 2.21. The van der Waals surface area contributed by atoms with Crippen LogP contribution in [0.5, 0.6) is 5.75 Å². The minimum absolute atomic E-state index is 0.104. The minimum Gasteiger partial charge on any atom is -0.497 e. The van der Waals surface area contributed by atoms with Crippen LogP contribution in [0.1, 0.15) is 16.1 Å². The summed E-state index contributed by atoms with van der Waals surface area (Å²) in [5.74, 6) is 0.604. The fourth-order valence-electron chi connectivity index (χ4n) is 2.21. The smallest absolute Gasteiger partial charge is 0.280 e. The Balaban J connectivity index is 1.74. The number of aromatic nitrogens is 3. The first-order chi connectivity index (χ1) is 11.7. The summed E-state index contributed by atoms with van der Waals surface area (Å²) >= 11 is 0. The van der Waals surface area contributed by atoms with Gasteiger partial charge in [0.05, 0.1) is 13.7 Å². The third-order valence-electron chi connectivity index (χ3n) is 3.51. The van der Waals surface area contributed by atoms with E-state index in [2.05, 4.69) is 15.6 Å². The van der Waals surface area contributed by atoms with Crippen molar-refractivity contribution in [2.45, 2.75) is 6.54 Å².